The Bertz CT molecular complexity index is 572. The van der Waals surface area contributed by atoms with Crippen molar-refractivity contribution in [3.8, 4) is 0 Å². The molecule has 2 aliphatic heterocycles. The zero-order chi connectivity index (χ0) is 21.8. The van der Waals surface area contributed by atoms with Gasteiger partial charge in [0.25, 0.3) is 0 Å². The molecule has 4 radical (unpaired) electrons. The molecule has 0 amide bonds. The fraction of sp³-hybridized carbons (Fsp3) is 1.00. The van der Waals surface area contributed by atoms with Gasteiger partial charge in [-0.3, -0.25) is 9.05 Å². The van der Waals surface area contributed by atoms with Gasteiger partial charge in [0.2, 0.25) is 0 Å². The highest BCUT2D eigenvalue weighted by molar-refractivity contribution is 7.47. The lowest BCUT2D eigenvalue weighted by atomic mass is 9.92. The van der Waals surface area contributed by atoms with Crippen molar-refractivity contribution < 1.29 is 37.5 Å². The van der Waals surface area contributed by atoms with E-state index in [1.165, 1.54) is 0 Å². The van der Waals surface area contributed by atoms with Gasteiger partial charge in [-0.25, -0.2) is 4.57 Å². The van der Waals surface area contributed by atoms with Gasteiger partial charge < -0.3 is 29.6 Å². The van der Waals surface area contributed by atoms with Crippen molar-refractivity contribution in [1.29, 1.82) is 0 Å². The van der Waals surface area contributed by atoms with E-state index in [2.05, 4.69) is 0 Å². The van der Waals surface area contributed by atoms with Gasteiger partial charge in [0.15, 0.2) is 0 Å². The summed E-state index contributed by atoms with van der Waals surface area (Å²) in [6.07, 6.45) is -1.27. The van der Waals surface area contributed by atoms with Crippen molar-refractivity contribution in [2.45, 2.75) is 88.7 Å². The van der Waals surface area contributed by atoms with Crippen molar-refractivity contribution >= 4 is 23.5 Å². The summed E-state index contributed by atoms with van der Waals surface area (Å²) < 4.78 is 45.8. The molecule has 0 saturated carbocycles. The van der Waals surface area contributed by atoms with Crippen molar-refractivity contribution in [3.05, 3.63) is 0 Å². The summed E-state index contributed by atoms with van der Waals surface area (Å²) in [5.41, 5.74) is 4.74. The van der Waals surface area contributed by atoms with Gasteiger partial charge in [0.1, 0.15) is 33.5 Å². The topological polar surface area (TPSA) is 119 Å². The predicted octanol–water partition coefficient (Wildman–Crippen LogP) is 0.603. The van der Waals surface area contributed by atoms with Crippen LogP contribution in [0, 0.1) is 0 Å². The molecule has 0 aromatic carbocycles. The highest BCUT2D eigenvalue weighted by atomic mass is 31.2. The van der Waals surface area contributed by atoms with E-state index in [0.29, 0.717) is 6.42 Å². The Hall–Kier alpha value is 0.0399. The first-order valence-corrected chi connectivity index (χ1v) is 11.4. The standard InChI is InChI=1S/C17H32B2NO8P/c1-10(2)23-9-17(8-20)14(6-16(19)27-17)28-29(21,22)24-7-13-12(25-11(3)4)5-15(18)26-13/h10-16H,5-9,20H2,1-4H3,(H,21,22)/t12-,13-,14-,15-,16-,17-/m1/s1. The summed E-state index contributed by atoms with van der Waals surface area (Å²) in [7, 11) is 7.22. The molecule has 164 valence electrons. The minimum atomic E-state index is -4.46. The second-order valence-electron chi connectivity index (χ2n) is 8.05. The Balaban J connectivity index is 1.98. The fourth-order valence-corrected chi connectivity index (χ4v) is 4.41. The summed E-state index contributed by atoms with van der Waals surface area (Å²) in [5, 5.41) is 0. The van der Waals surface area contributed by atoms with Crippen LogP contribution in [0.15, 0.2) is 0 Å². The van der Waals surface area contributed by atoms with Crippen LogP contribution in [0.4, 0.5) is 0 Å². The van der Waals surface area contributed by atoms with Gasteiger partial charge in [-0.2, -0.15) is 0 Å². The fourth-order valence-electron chi connectivity index (χ4n) is 3.41. The molecule has 29 heavy (non-hydrogen) atoms. The van der Waals surface area contributed by atoms with Crippen LogP contribution in [0.25, 0.3) is 0 Å². The maximum absolute atomic E-state index is 12.6. The van der Waals surface area contributed by atoms with Crippen molar-refractivity contribution in [1.82, 2.24) is 0 Å². The summed E-state index contributed by atoms with van der Waals surface area (Å²) in [6, 6.07) is -1.22. The first kappa shape index (κ1) is 25.3. The number of rotatable bonds is 11. The molecule has 2 fully saturated rings. The van der Waals surface area contributed by atoms with E-state index in [1.54, 1.807) is 0 Å². The number of phosphoric ester groups is 1. The first-order chi connectivity index (χ1) is 13.5. The third-order valence-corrected chi connectivity index (χ3v) is 5.76. The molecule has 9 nitrogen and oxygen atoms in total. The van der Waals surface area contributed by atoms with Crippen molar-refractivity contribution in [2.75, 3.05) is 19.8 Å². The summed E-state index contributed by atoms with van der Waals surface area (Å²) in [5.74, 6) is 0. The zero-order valence-electron chi connectivity index (χ0n) is 17.6. The second-order valence-corrected chi connectivity index (χ2v) is 9.46. The maximum atomic E-state index is 12.6. The molecule has 0 aromatic rings. The molecule has 2 rings (SSSR count). The van der Waals surface area contributed by atoms with Crippen LogP contribution < -0.4 is 5.73 Å². The van der Waals surface area contributed by atoms with Crippen molar-refractivity contribution in [3.63, 3.8) is 0 Å². The number of hydrogen-bond donors (Lipinski definition) is 2. The van der Waals surface area contributed by atoms with Crippen LogP contribution in [-0.2, 0) is 32.6 Å². The third kappa shape index (κ3) is 7.30. The van der Waals surface area contributed by atoms with Crippen LogP contribution in [0.1, 0.15) is 40.5 Å². The third-order valence-electron chi connectivity index (χ3n) is 4.76. The molecule has 2 aliphatic rings. The highest BCUT2D eigenvalue weighted by Crippen LogP contribution is 2.49. The maximum Gasteiger partial charge on any atom is 0.472 e. The molecule has 2 saturated heterocycles. The first-order valence-electron chi connectivity index (χ1n) is 9.93. The van der Waals surface area contributed by atoms with Gasteiger partial charge >= 0.3 is 7.82 Å². The SMILES string of the molecule is [B][C@H]1C[C@@H](OC(C)C)[C@@H](COP(=O)(O)O[C@@H]2C[C@H]([B])O[C@]2(CN)COC(C)C)O1. The molecule has 0 aliphatic carbocycles. The lowest BCUT2D eigenvalue weighted by Gasteiger charge is -2.34. The Kier molecular flexibility index (Phi) is 9.22. The Morgan fingerprint density at radius 1 is 1.21 bits per heavy atom. The largest absolute Gasteiger partial charge is 0.472 e. The van der Waals surface area contributed by atoms with E-state index >= 15 is 0 Å². The minimum absolute atomic E-state index is 0.00296. The Morgan fingerprint density at radius 3 is 2.48 bits per heavy atom. The average molecular weight is 431 g/mol. The van der Waals surface area contributed by atoms with E-state index in [0.717, 1.165) is 0 Å². The lowest BCUT2D eigenvalue weighted by molar-refractivity contribution is -0.118. The summed E-state index contributed by atoms with van der Waals surface area (Å²) in [4.78, 5) is 10.3. The number of hydrogen-bond acceptors (Lipinski definition) is 8. The van der Waals surface area contributed by atoms with E-state index in [1.807, 2.05) is 27.7 Å². The van der Waals surface area contributed by atoms with Crippen LogP contribution in [0.3, 0.4) is 0 Å². The Morgan fingerprint density at radius 2 is 1.90 bits per heavy atom. The molecular formula is C17H32B2NO8P. The predicted molar refractivity (Wildman–Crippen MR) is 108 cm³/mol. The number of nitrogens with two attached hydrogens (primary N) is 1. The molecule has 1 unspecified atom stereocenters. The number of ether oxygens (including phenoxy) is 4. The van der Waals surface area contributed by atoms with E-state index in [-0.39, 0.29) is 44.5 Å². The number of phosphoric acid groups is 1. The van der Waals surface area contributed by atoms with Crippen LogP contribution in [0.5, 0.6) is 0 Å². The molecule has 0 spiro atoms. The molecule has 3 N–H and O–H groups in total. The van der Waals surface area contributed by atoms with Gasteiger partial charge in [0, 0.05) is 18.6 Å². The Labute approximate surface area is 175 Å². The van der Waals surface area contributed by atoms with Gasteiger partial charge in [-0.05, 0) is 40.5 Å². The van der Waals surface area contributed by atoms with Crippen LogP contribution in [-0.4, -0.2) is 88.5 Å². The summed E-state index contributed by atoms with van der Waals surface area (Å²) in [6.45, 7) is 7.35. The molecule has 12 heteroatoms. The lowest BCUT2D eigenvalue weighted by Crippen LogP contribution is -2.51. The van der Waals surface area contributed by atoms with Gasteiger partial charge in [0.05, 0.1) is 31.5 Å². The molecule has 2 heterocycles. The second kappa shape index (κ2) is 10.6. The normalized spacial score (nSPS) is 37.4. The zero-order valence-corrected chi connectivity index (χ0v) is 18.5. The minimum Gasteiger partial charge on any atom is -0.380 e. The molecule has 7 atom stereocenters. The van der Waals surface area contributed by atoms with E-state index < -0.39 is 37.6 Å². The van der Waals surface area contributed by atoms with E-state index in [9.17, 15) is 9.46 Å². The van der Waals surface area contributed by atoms with Crippen LogP contribution in [0.2, 0.25) is 0 Å². The average Bonchev–Trinajstić information content (AvgIpc) is 3.09. The van der Waals surface area contributed by atoms with Crippen LogP contribution >= 0.6 is 7.82 Å². The highest BCUT2D eigenvalue weighted by Gasteiger charge is 2.50. The monoisotopic (exact) mass is 431 g/mol. The summed E-state index contributed by atoms with van der Waals surface area (Å²) >= 11 is 0. The van der Waals surface area contributed by atoms with E-state index in [4.69, 9.17) is 49.4 Å². The smallest absolute Gasteiger partial charge is 0.380 e. The molecular weight excluding hydrogens is 399 g/mol. The van der Waals surface area contributed by atoms with Gasteiger partial charge in [-0.15, -0.1) is 0 Å². The quantitative estimate of drug-likeness (QED) is 0.358. The van der Waals surface area contributed by atoms with Gasteiger partial charge in [-0.1, -0.05) is 0 Å². The molecule has 0 aromatic heterocycles. The van der Waals surface area contributed by atoms with Crippen molar-refractivity contribution in [2.24, 2.45) is 5.73 Å². The molecule has 0 bridgehead atoms.